The summed E-state index contributed by atoms with van der Waals surface area (Å²) >= 11 is 7.33. The summed E-state index contributed by atoms with van der Waals surface area (Å²) in [5, 5.41) is 1.48. The molecule has 2 heterocycles. The molecule has 7 heteroatoms. The Kier molecular flexibility index (Phi) is 4.83. The van der Waals surface area contributed by atoms with Crippen molar-refractivity contribution < 1.29 is 4.79 Å². The van der Waals surface area contributed by atoms with E-state index in [4.69, 9.17) is 11.6 Å². The number of nitrogens with one attached hydrogen (secondary N) is 1. The van der Waals surface area contributed by atoms with Gasteiger partial charge in [0.15, 0.2) is 10.9 Å². The number of fused-ring (bicyclic) bond motifs is 1. The van der Waals surface area contributed by atoms with Crippen LogP contribution in [-0.2, 0) is 0 Å². The summed E-state index contributed by atoms with van der Waals surface area (Å²) in [4.78, 5) is 33.0. The molecule has 0 amide bonds. The fourth-order valence-electron chi connectivity index (χ4n) is 2.76. The summed E-state index contributed by atoms with van der Waals surface area (Å²) < 4.78 is 1.50. The Bertz CT molecular complexity index is 1190. The van der Waals surface area contributed by atoms with Gasteiger partial charge < -0.3 is 4.98 Å². The lowest BCUT2D eigenvalue weighted by molar-refractivity contribution is 0.101. The fourth-order valence-corrected chi connectivity index (χ4v) is 3.84. The number of rotatable bonds is 5. The zero-order valence-electron chi connectivity index (χ0n) is 14.1. The van der Waals surface area contributed by atoms with Gasteiger partial charge in [-0.05, 0) is 42.5 Å². The zero-order valence-corrected chi connectivity index (χ0v) is 15.6. The summed E-state index contributed by atoms with van der Waals surface area (Å²) in [5.74, 6) is 0.0938. The number of nitrogens with zero attached hydrogens (tertiary/aromatic N) is 2. The van der Waals surface area contributed by atoms with E-state index in [-0.39, 0.29) is 17.1 Å². The van der Waals surface area contributed by atoms with E-state index in [9.17, 15) is 9.59 Å². The lowest BCUT2D eigenvalue weighted by atomic mass is 10.2. The Labute approximate surface area is 164 Å². The Morgan fingerprint density at radius 2 is 1.96 bits per heavy atom. The number of aromatic nitrogens is 3. The Morgan fingerprint density at radius 1 is 1.11 bits per heavy atom. The van der Waals surface area contributed by atoms with Crippen LogP contribution in [0.1, 0.15) is 10.5 Å². The number of halogens is 1. The number of hydrogen-bond donors (Lipinski definition) is 1. The Morgan fingerprint density at radius 3 is 2.74 bits per heavy atom. The molecule has 1 N–H and O–H groups in total. The molecule has 0 aliphatic rings. The Balaban J connectivity index is 1.81. The van der Waals surface area contributed by atoms with Crippen LogP contribution in [0.3, 0.4) is 0 Å². The minimum atomic E-state index is -0.197. The van der Waals surface area contributed by atoms with Crippen molar-refractivity contribution in [1.29, 1.82) is 0 Å². The maximum absolute atomic E-state index is 13.1. The van der Waals surface area contributed by atoms with Crippen molar-refractivity contribution in [2.75, 3.05) is 5.75 Å². The number of aromatic amines is 1. The number of benzene rings is 2. The average molecular weight is 396 g/mol. The van der Waals surface area contributed by atoms with E-state index in [2.05, 4.69) is 9.97 Å². The van der Waals surface area contributed by atoms with E-state index < -0.39 is 0 Å². The van der Waals surface area contributed by atoms with Crippen molar-refractivity contribution in [3.05, 3.63) is 87.9 Å². The molecule has 0 saturated heterocycles. The van der Waals surface area contributed by atoms with Crippen molar-refractivity contribution in [3.8, 4) is 5.69 Å². The second-order valence-corrected chi connectivity index (χ2v) is 7.21. The van der Waals surface area contributed by atoms with E-state index in [1.165, 1.54) is 16.3 Å². The number of carbonyl (C=O) groups is 1. The number of H-pyrrole nitrogens is 1. The topological polar surface area (TPSA) is 67.8 Å². The molecule has 2 aromatic heterocycles. The van der Waals surface area contributed by atoms with Crippen LogP contribution >= 0.6 is 23.4 Å². The van der Waals surface area contributed by atoms with Crippen molar-refractivity contribution in [2.45, 2.75) is 5.16 Å². The zero-order chi connectivity index (χ0) is 18.8. The third-order valence-electron chi connectivity index (χ3n) is 4.04. The van der Waals surface area contributed by atoms with Gasteiger partial charge in [-0.3, -0.25) is 14.2 Å². The van der Waals surface area contributed by atoms with Crippen LogP contribution in [-0.4, -0.2) is 26.1 Å². The molecule has 0 unspecified atom stereocenters. The molecule has 134 valence electrons. The third kappa shape index (κ3) is 3.54. The molecule has 2 aromatic carbocycles. The number of ketones is 1. The van der Waals surface area contributed by atoms with E-state index in [1.54, 1.807) is 60.8 Å². The number of thioether (sulfide) groups is 1. The lowest BCUT2D eigenvalue weighted by Crippen LogP contribution is -2.22. The fraction of sp³-hybridized carbons (Fsp3) is 0.0500. The first kappa shape index (κ1) is 17.6. The van der Waals surface area contributed by atoms with Gasteiger partial charge in [0.2, 0.25) is 0 Å². The molecule has 27 heavy (non-hydrogen) atoms. The number of carbonyl (C=O) groups excluding carboxylic acids is 1. The summed E-state index contributed by atoms with van der Waals surface area (Å²) in [6.07, 6.45) is 1.70. The molecule has 0 radical (unpaired) electrons. The van der Waals surface area contributed by atoms with Crippen molar-refractivity contribution in [1.82, 2.24) is 14.5 Å². The van der Waals surface area contributed by atoms with Gasteiger partial charge in [-0.2, -0.15) is 0 Å². The van der Waals surface area contributed by atoms with Gasteiger partial charge in [0.05, 0.1) is 28.0 Å². The summed E-state index contributed by atoms with van der Waals surface area (Å²) in [6.45, 7) is 0. The van der Waals surface area contributed by atoms with Crippen LogP contribution in [0.5, 0.6) is 0 Å². The van der Waals surface area contributed by atoms with Crippen molar-refractivity contribution in [2.24, 2.45) is 0 Å². The highest BCUT2D eigenvalue weighted by Gasteiger charge is 2.16. The number of Topliss-reactive ketones (excluding diaryl/α,β-unsaturated/α-hetero) is 1. The summed E-state index contributed by atoms with van der Waals surface area (Å²) in [5.41, 5.74) is 1.54. The second kappa shape index (κ2) is 7.42. The Hall–Kier alpha value is -2.83. The maximum atomic E-state index is 13.1. The van der Waals surface area contributed by atoms with Gasteiger partial charge in [-0.1, -0.05) is 41.6 Å². The van der Waals surface area contributed by atoms with Gasteiger partial charge in [0.1, 0.15) is 0 Å². The van der Waals surface area contributed by atoms with Crippen LogP contribution in [0.15, 0.2) is 76.8 Å². The van der Waals surface area contributed by atoms with Crippen LogP contribution in [0.25, 0.3) is 16.6 Å². The average Bonchev–Trinajstić information content (AvgIpc) is 3.21. The monoisotopic (exact) mass is 395 g/mol. The van der Waals surface area contributed by atoms with Crippen molar-refractivity contribution >= 4 is 40.0 Å². The molecule has 0 fully saturated rings. The predicted molar refractivity (Wildman–Crippen MR) is 108 cm³/mol. The summed E-state index contributed by atoms with van der Waals surface area (Å²) in [6, 6.07) is 17.7. The third-order valence-corrected chi connectivity index (χ3v) is 5.22. The standard InChI is InChI=1S/C20H14ClN3O2S/c21-13-5-3-6-14(11-13)24-19(26)15-7-1-2-8-16(15)23-20(24)27-12-18(25)17-9-4-10-22-17/h1-11,22H,12H2. The largest absolute Gasteiger partial charge is 0.359 e. The van der Waals surface area contributed by atoms with Crippen LogP contribution in [0.2, 0.25) is 5.02 Å². The first-order valence-electron chi connectivity index (χ1n) is 8.20. The molecular formula is C20H14ClN3O2S. The molecule has 5 nitrogen and oxygen atoms in total. The smallest absolute Gasteiger partial charge is 0.266 e. The van der Waals surface area contributed by atoms with E-state index in [0.29, 0.717) is 32.5 Å². The maximum Gasteiger partial charge on any atom is 0.266 e. The molecule has 4 rings (SSSR count). The number of hydrogen-bond acceptors (Lipinski definition) is 4. The molecule has 0 atom stereocenters. The predicted octanol–water partition coefficient (Wildman–Crippen LogP) is 4.34. The van der Waals surface area contributed by atoms with Gasteiger partial charge >= 0.3 is 0 Å². The van der Waals surface area contributed by atoms with E-state index >= 15 is 0 Å². The lowest BCUT2D eigenvalue weighted by Gasteiger charge is -2.13. The van der Waals surface area contributed by atoms with E-state index in [0.717, 1.165) is 0 Å². The first-order valence-corrected chi connectivity index (χ1v) is 9.57. The molecule has 0 spiro atoms. The molecule has 4 aromatic rings. The molecule has 0 aliphatic heterocycles. The van der Waals surface area contributed by atoms with E-state index in [1.807, 2.05) is 6.07 Å². The van der Waals surface area contributed by atoms with Crippen LogP contribution in [0.4, 0.5) is 0 Å². The minimum absolute atomic E-state index is 0.0648. The van der Waals surface area contributed by atoms with Gasteiger partial charge in [0.25, 0.3) is 5.56 Å². The van der Waals surface area contributed by atoms with Gasteiger partial charge in [-0.15, -0.1) is 0 Å². The molecule has 0 bridgehead atoms. The molecule has 0 saturated carbocycles. The highest BCUT2D eigenvalue weighted by atomic mass is 35.5. The SMILES string of the molecule is O=C(CSc1nc2ccccc2c(=O)n1-c1cccc(Cl)c1)c1ccc[nH]1. The van der Waals surface area contributed by atoms with Gasteiger partial charge in [0, 0.05) is 11.2 Å². The minimum Gasteiger partial charge on any atom is -0.359 e. The highest BCUT2D eigenvalue weighted by Crippen LogP contribution is 2.23. The highest BCUT2D eigenvalue weighted by molar-refractivity contribution is 7.99. The van der Waals surface area contributed by atoms with Crippen molar-refractivity contribution in [3.63, 3.8) is 0 Å². The molecule has 0 aliphatic carbocycles. The first-order chi connectivity index (χ1) is 13.1. The van der Waals surface area contributed by atoms with Crippen LogP contribution in [0, 0.1) is 0 Å². The number of para-hydroxylation sites is 1. The molecular weight excluding hydrogens is 382 g/mol. The summed E-state index contributed by atoms with van der Waals surface area (Å²) in [7, 11) is 0. The van der Waals surface area contributed by atoms with Crippen LogP contribution < -0.4 is 5.56 Å². The van der Waals surface area contributed by atoms with Gasteiger partial charge in [-0.25, -0.2) is 4.98 Å². The second-order valence-electron chi connectivity index (χ2n) is 5.83. The quantitative estimate of drug-likeness (QED) is 0.310. The normalized spacial score (nSPS) is 11.0.